The van der Waals surface area contributed by atoms with Gasteiger partial charge in [0.2, 0.25) is 0 Å². The Kier molecular flexibility index (Phi) is 11.9. The van der Waals surface area contributed by atoms with Crippen molar-refractivity contribution in [3.05, 3.63) is 12.2 Å². The first-order valence-corrected chi connectivity index (χ1v) is 5.36. The highest BCUT2D eigenvalue weighted by Crippen LogP contribution is 1.93. The number of allylic oxidation sites excluding steroid dienone is 1. The quantitative estimate of drug-likeness (QED) is 0.354. The minimum Gasteiger partial charge on any atom is -0.385 e. The number of rotatable bonds is 9. The first-order valence-electron chi connectivity index (χ1n) is 4.82. The van der Waals surface area contributed by atoms with Crippen molar-refractivity contribution < 1.29 is 4.74 Å². The predicted molar refractivity (Wildman–Crippen MR) is 58.5 cm³/mol. The van der Waals surface area contributed by atoms with Crippen LogP contribution in [0.4, 0.5) is 0 Å². The van der Waals surface area contributed by atoms with Crippen molar-refractivity contribution in [2.75, 3.05) is 32.7 Å². The van der Waals surface area contributed by atoms with Crippen LogP contribution in [0.3, 0.4) is 0 Å². The van der Waals surface area contributed by atoms with Gasteiger partial charge in [-0.15, -0.1) is 11.6 Å². The van der Waals surface area contributed by atoms with Crippen LogP contribution in [0.1, 0.15) is 19.3 Å². The van der Waals surface area contributed by atoms with Crippen molar-refractivity contribution in [3.63, 3.8) is 0 Å². The lowest BCUT2D eigenvalue weighted by Gasteiger charge is -2.01. The first-order chi connectivity index (χ1) is 6.41. The van der Waals surface area contributed by atoms with Crippen molar-refractivity contribution in [2.24, 2.45) is 0 Å². The Balaban J connectivity index is 2.87. The van der Waals surface area contributed by atoms with Gasteiger partial charge in [0.1, 0.15) is 0 Å². The van der Waals surface area contributed by atoms with E-state index in [1.807, 2.05) is 6.08 Å². The van der Waals surface area contributed by atoms with Gasteiger partial charge in [-0.2, -0.15) is 0 Å². The van der Waals surface area contributed by atoms with E-state index in [4.69, 9.17) is 16.3 Å². The molecule has 0 aliphatic carbocycles. The third kappa shape index (κ3) is 12.0. The second-order valence-corrected chi connectivity index (χ2v) is 3.19. The van der Waals surface area contributed by atoms with E-state index in [2.05, 4.69) is 11.4 Å². The summed E-state index contributed by atoms with van der Waals surface area (Å²) in [6, 6.07) is 0. The van der Waals surface area contributed by atoms with E-state index < -0.39 is 0 Å². The van der Waals surface area contributed by atoms with Gasteiger partial charge < -0.3 is 10.1 Å². The minimum atomic E-state index is 0.607. The molecule has 0 aromatic rings. The smallest absolute Gasteiger partial charge is 0.0462 e. The summed E-state index contributed by atoms with van der Waals surface area (Å²) in [5, 5.41) is 3.31. The van der Waals surface area contributed by atoms with E-state index in [-0.39, 0.29) is 0 Å². The number of halogens is 1. The molecule has 0 aliphatic heterocycles. The second-order valence-electron chi connectivity index (χ2n) is 2.88. The van der Waals surface area contributed by atoms with Crippen molar-refractivity contribution in [1.29, 1.82) is 0 Å². The second kappa shape index (κ2) is 11.9. The Bertz CT molecular complexity index is 117. The molecule has 0 aliphatic rings. The van der Waals surface area contributed by atoms with Gasteiger partial charge in [-0.1, -0.05) is 12.2 Å². The SMILES string of the molecule is COCCCCCNC/C=C/CCl. The standard InChI is InChI=1S/C10H20ClNO/c1-13-10-6-2-4-8-12-9-5-3-7-11/h3,5,12H,2,4,6-10H2,1H3/b5-3+. The summed E-state index contributed by atoms with van der Waals surface area (Å²) in [7, 11) is 1.75. The van der Waals surface area contributed by atoms with Gasteiger partial charge in [0, 0.05) is 26.1 Å². The molecule has 0 spiro atoms. The molecule has 0 heterocycles. The maximum absolute atomic E-state index is 5.47. The molecule has 0 unspecified atom stereocenters. The van der Waals surface area contributed by atoms with Crippen molar-refractivity contribution in [3.8, 4) is 0 Å². The number of nitrogens with one attached hydrogen (secondary N) is 1. The van der Waals surface area contributed by atoms with Crippen LogP contribution in [0.25, 0.3) is 0 Å². The summed E-state index contributed by atoms with van der Waals surface area (Å²) in [6.07, 6.45) is 7.63. The lowest BCUT2D eigenvalue weighted by molar-refractivity contribution is 0.192. The molecular formula is C10H20ClNO. The van der Waals surface area contributed by atoms with Crippen molar-refractivity contribution in [1.82, 2.24) is 5.32 Å². The molecule has 13 heavy (non-hydrogen) atoms. The molecule has 0 atom stereocenters. The topological polar surface area (TPSA) is 21.3 Å². The number of hydrogen-bond acceptors (Lipinski definition) is 2. The number of unbranched alkanes of at least 4 members (excludes halogenated alkanes) is 2. The maximum Gasteiger partial charge on any atom is 0.0462 e. The molecule has 0 amide bonds. The van der Waals surface area contributed by atoms with Gasteiger partial charge in [-0.05, 0) is 25.8 Å². The summed E-state index contributed by atoms with van der Waals surface area (Å²) >= 11 is 5.47. The van der Waals surface area contributed by atoms with Gasteiger partial charge >= 0.3 is 0 Å². The third-order valence-corrected chi connectivity index (χ3v) is 1.90. The fourth-order valence-electron chi connectivity index (χ4n) is 1.00. The number of alkyl halides is 1. The van der Waals surface area contributed by atoms with Crippen LogP contribution in [-0.2, 0) is 4.74 Å². The third-order valence-electron chi connectivity index (χ3n) is 1.72. The summed E-state index contributed by atoms with van der Waals surface area (Å²) in [5.74, 6) is 0.607. The van der Waals surface area contributed by atoms with Crippen LogP contribution >= 0.6 is 11.6 Å². The highest BCUT2D eigenvalue weighted by atomic mass is 35.5. The molecule has 0 radical (unpaired) electrons. The van der Waals surface area contributed by atoms with E-state index in [0.29, 0.717) is 5.88 Å². The molecule has 78 valence electrons. The van der Waals surface area contributed by atoms with E-state index in [1.54, 1.807) is 7.11 Å². The Morgan fingerprint density at radius 2 is 2.08 bits per heavy atom. The maximum atomic E-state index is 5.47. The van der Waals surface area contributed by atoms with Crippen LogP contribution < -0.4 is 5.32 Å². The largest absolute Gasteiger partial charge is 0.385 e. The van der Waals surface area contributed by atoms with Gasteiger partial charge in [-0.25, -0.2) is 0 Å². The van der Waals surface area contributed by atoms with E-state index >= 15 is 0 Å². The molecule has 3 heteroatoms. The van der Waals surface area contributed by atoms with Crippen LogP contribution in [0, 0.1) is 0 Å². The Morgan fingerprint density at radius 3 is 2.77 bits per heavy atom. The number of methoxy groups -OCH3 is 1. The minimum absolute atomic E-state index is 0.607. The Morgan fingerprint density at radius 1 is 1.23 bits per heavy atom. The lowest BCUT2D eigenvalue weighted by atomic mass is 10.2. The molecule has 0 rings (SSSR count). The first kappa shape index (κ1) is 12.9. The van der Waals surface area contributed by atoms with Gasteiger partial charge in [0.25, 0.3) is 0 Å². The summed E-state index contributed by atoms with van der Waals surface area (Å²) < 4.78 is 4.96. The van der Waals surface area contributed by atoms with Crippen LogP contribution in [0.15, 0.2) is 12.2 Å². The summed E-state index contributed by atoms with van der Waals surface area (Å²) in [5.41, 5.74) is 0. The molecule has 0 aromatic heterocycles. The van der Waals surface area contributed by atoms with Crippen LogP contribution in [0.5, 0.6) is 0 Å². The van der Waals surface area contributed by atoms with Crippen LogP contribution in [-0.4, -0.2) is 32.7 Å². The average molecular weight is 206 g/mol. The van der Waals surface area contributed by atoms with E-state index in [0.717, 1.165) is 26.1 Å². The summed E-state index contributed by atoms with van der Waals surface area (Å²) in [4.78, 5) is 0. The molecule has 0 saturated carbocycles. The van der Waals surface area contributed by atoms with E-state index in [9.17, 15) is 0 Å². The summed E-state index contributed by atoms with van der Waals surface area (Å²) in [6.45, 7) is 2.89. The lowest BCUT2D eigenvalue weighted by Crippen LogP contribution is -2.14. The van der Waals surface area contributed by atoms with Gasteiger partial charge in [0.15, 0.2) is 0 Å². The van der Waals surface area contributed by atoms with Crippen molar-refractivity contribution >= 4 is 11.6 Å². The molecule has 1 N–H and O–H groups in total. The molecule has 0 bridgehead atoms. The fraction of sp³-hybridized carbons (Fsp3) is 0.800. The highest BCUT2D eigenvalue weighted by Gasteiger charge is 1.87. The predicted octanol–water partition coefficient (Wildman–Crippen LogP) is 2.19. The van der Waals surface area contributed by atoms with Crippen LogP contribution in [0.2, 0.25) is 0 Å². The van der Waals surface area contributed by atoms with Gasteiger partial charge in [-0.3, -0.25) is 0 Å². The van der Waals surface area contributed by atoms with Gasteiger partial charge in [0.05, 0.1) is 0 Å². The normalized spacial score (nSPS) is 11.2. The molecule has 0 fully saturated rings. The average Bonchev–Trinajstić information content (AvgIpc) is 2.16. The molecule has 0 aromatic carbocycles. The monoisotopic (exact) mass is 205 g/mol. The Labute approximate surface area is 86.3 Å². The zero-order valence-electron chi connectivity index (χ0n) is 8.39. The fourth-order valence-corrected chi connectivity index (χ4v) is 1.13. The molecule has 2 nitrogen and oxygen atoms in total. The molecule has 0 saturated heterocycles. The zero-order valence-corrected chi connectivity index (χ0v) is 9.15. The molecular weight excluding hydrogens is 186 g/mol. The highest BCUT2D eigenvalue weighted by molar-refractivity contribution is 6.18. The Hall–Kier alpha value is -0.0500. The number of hydrogen-bond donors (Lipinski definition) is 1. The van der Waals surface area contributed by atoms with E-state index in [1.165, 1.54) is 12.8 Å². The zero-order chi connectivity index (χ0) is 9.78. The van der Waals surface area contributed by atoms with Crippen molar-refractivity contribution in [2.45, 2.75) is 19.3 Å². The number of ether oxygens (including phenoxy) is 1.